The predicted octanol–water partition coefficient (Wildman–Crippen LogP) is 2.27. The van der Waals surface area contributed by atoms with E-state index in [-0.39, 0.29) is 0 Å². The van der Waals surface area contributed by atoms with Gasteiger partial charge in [-0.15, -0.1) is 0 Å². The fraction of sp³-hybridized carbons (Fsp3) is 0.357. The fourth-order valence-corrected chi connectivity index (χ4v) is 2.08. The molecule has 96 valence electrons. The van der Waals surface area contributed by atoms with Gasteiger partial charge >= 0.3 is 0 Å². The third-order valence-corrected chi connectivity index (χ3v) is 3.07. The number of nitrogen functional groups attached to an aromatic ring is 1. The molecule has 0 bridgehead atoms. The lowest BCUT2D eigenvalue weighted by Gasteiger charge is -2.11. The van der Waals surface area contributed by atoms with E-state index in [1.165, 1.54) is 5.56 Å². The first-order valence-corrected chi connectivity index (χ1v) is 6.17. The van der Waals surface area contributed by atoms with Gasteiger partial charge in [0, 0.05) is 18.2 Å². The maximum atomic E-state index is 5.59. The molecule has 0 amide bonds. The van der Waals surface area contributed by atoms with Gasteiger partial charge in [0.2, 0.25) is 0 Å². The molecule has 0 atom stereocenters. The lowest BCUT2D eigenvalue weighted by molar-refractivity contribution is 0.202. The SMILES string of the molecule is CCc1cc(NN)c2cccc(CCOC)c2n1. The molecule has 0 saturated carbocycles. The van der Waals surface area contributed by atoms with Crippen molar-refractivity contribution in [2.45, 2.75) is 19.8 Å². The lowest BCUT2D eigenvalue weighted by atomic mass is 10.0. The van der Waals surface area contributed by atoms with E-state index >= 15 is 0 Å². The first kappa shape index (κ1) is 12.8. The Hall–Kier alpha value is -1.65. The van der Waals surface area contributed by atoms with E-state index in [0.29, 0.717) is 6.61 Å². The lowest BCUT2D eigenvalue weighted by Crippen LogP contribution is -2.09. The smallest absolute Gasteiger partial charge is 0.0759 e. The van der Waals surface area contributed by atoms with Crippen LogP contribution in [0.25, 0.3) is 10.9 Å². The second-order valence-electron chi connectivity index (χ2n) is 4.22. The summed E-state index contributed by atoms with van der Waals surface area (Å²) >= 11 is 0. The third kappa shape index (κ3) is 2.44. The van der Waals surface area contributed by atoms with Crippen LogP contribution in [-0.2, 0) is 17.6 Å². The number of rotatable bonds is 5. The summed E-state index contributed by atoms with van der Waals surface area (Å²) in [4.78, 5) is 4.70. The number of nitrogens with one attached hydrogen (secondary N) is 1. The first-order valence-electron chi connectivity index (χ1n) is 6.17. The summed E-state index contributed by atoms with van der Waals surface area (Å²) in [7, 11) is 1.71. The van der Waals surface area contributed by atoms with Crippen molar-refractivity contribution in [3.05, 3.63) is 35.5 Å². The molecule has 3 N–H and O–H groups in total. The Morgan fingerprint density at radius 1 is 1.39 bits per heavy atom. The van der Waals surface area contributed by atoms with Crippen molar-refractivity contribution >= 4 is 16.6 Å². The summed E-state index contributed by atoms with van der Waals surface area (Å²) in [5.41, 5.74) is 6.94. The standard InChI is InChI=1S/C14H19N3O/c1-3-11-9-13(17-15)12-6-4-5-10(7-8-18-2)14(12)16-11/h4-6,9H,3,7-8,15H2,1-2H3,(H,16,17). The molecule has 0 aliphatic rings. The maximum Gasteiger partial charge on any atom is 0.0759 e. The molecular formula is C14H19N3O. The molecule has 0 fully saturated rings. The quantitative estimate of drug-likeness (QED) is 0.626. The molecule has 0 aliphatic heterocycles. The Morgan fingerprint density at radius 3 is 2.89 bits per heavy atom. The number of hydrogen-bond donors (Lipinski definition) is 2. The number of hydrogen-bond acceptors (Lipinski definition) is 4. The molecular weight excluding hydrogens is 226 g/mol. The van der Waals surface area contributed by atoms with E-state index < -0.39 is 0 Å². The molecule has 4 nitrogen and oxygen atoms in total. The topological polar surface area (TPSA) is 60.2 Å². The normalized spacial score (nSPS) is 10.8. The number of aryl methyl sites for hydroxylation is 1. The van der Waals surface area contributed by atoms with E-state index in [0.717, 1.165) is 35.1 Å². The number of benzene rings is 1. The minimum Gasteiger partial charge on any atom is -0.384 e. The Morgan fingerprint density at radius 2 is 2.22 bits per heavy atom. The maximum absolute atomic E-state index is 5.59. The number of para-hydroxylation sites is 1. The molecule has 1 heterocycles. The van der Waals surface area contributed by atoms with Crippen molar-refractivity contribution in [2.24, 2.45) is 5.84 Å². The molecule has 18 heavy (non-hydrogen) atoms. The number of hydrazine groups is 1. The predicted molar refractivity (Wildman–Crippen MR) is 74.5 cm³/mol. The number of nitrogens with zero attached hydrogens (tertiary/aromatic N) is 1. The van der Waals surface area contributed by atoms with Gasteiger partial charge < -0.3 is 10.2 Å². The molecule has 0 aliphatic carbocycles. The van der Waals surface area contributed by atoms with Crippen LogP contribution in [-0.4, -0.2) is 18.7 Å². The minimum atomic E-state index is 0.697. The Bertz CT molecular complexity index is 540. The summed E-state index contributed by atoms with van der Waals surface area (Å²) < 4.78 is 5.14. The molecule has 2 rings (SSSR count). The van der Waals surface area contributed by atoms with Crippen molar-refractivity contribution < 1.29 is 4.74 Å². The summed E-state index contributed by atoms with van der Waals surface area (Å²) in [5, 5.41) is 1.06. The Balaban J connectivity index is 2.58. The average Bonchev–Trinajstić information content (AvgIpc) is 2.43. The van der Waals surface area contributed by atoms with Crippen LogP contribution >= 0.6 is 0 Å². The summed E-state index contributed by atoms with van der Waals surface area (Å²) in [6.45, 7) is 2.79. The zero-order valence-electron chi connectivity index (χ0n) is 10.9. The largest absolute Gasteiger partial charge is 0.384 e. The van der Waals surface area contributed by atoms with Gasteiger partial charge in [-0.1, -0.05) is 25.1 Å². The van der Waals surface area contributed by atoms with Crippen molar-refractivity contribution in [3.8, 4) is 0 Å². The van der Waals surface area contributed by atoms with Crippen molar-refractivity contribution in [3.63, 3.8) is 0 Å². The number of ether oxygens (including phenoxy) is 1. The molecule has 1 aromatic heterocycles. The monoisotopic (exact) mass is 245 g/mol. The zero-order valence-corrected chi connectivity index (χ0v) is 10.9. The van der Waals surface area contributed by atoms with Gasteiger partial charge in [-0.3, -0.25) is 10.8 Å². The molecule has 4 heteroatoms. The van der Waals surface area contributed by atoms with Crippen LogP contribution < -0.4 is 11.3 Å². The van der Waals surface area contributed by atoms with Crippen molar-refractivity contribution in [1.29, 1.82) is 0 Å². The van der Waals surface area contributed by atoms with E-state index in [1.807, 2.05) is 18.2 Å². The average molecular weight is 245 g/mol. The highest BCUT2D eigenvalue weighted by molar-refractivity contribution is 5.93. The van der Waals surface area contributed by atoms with Crippen LogP contribution in [0.3, 0.4) is 0 Å². The van der Waals surface area contributed by atoms with Gasteiger partial charge in [-0.25, -0.2) is 0 Å². The van der Waals surface area contributed by atoms with Crippen LogP contribution in [0.1, 0.15) is 18.2 Å². The van der Waals surface area contributed by atoms with E-state index in [9.17, 15) is 0 Å². The fourth-order valence-electron chi connectivity index (χ4n) is 2.08. The molecule has 0 saturated heterocycles. The second-order valence-corrected chi connectivity index (χ2v) is 4.22. The molecule has 0 spiro atoms. The highest BCUT2D eigenvalue weighted by Gasteiger charge is 2.08. The molecule has 1 aromatic carbocycles. The van der Waals surface area contributed by atoms with Crippen LogP contribution in [0, 0.1) is 0 Å². The number of pyridine rings is 1. The Kier molecular flexibility index (Phi) is 4.12. The van der Waals surface area contributed by atoms with Gasteiger partial charge in [0.15, 0.2) is 0 Å². The van der Waals surface area contributed by atoms with Gasteiger partial charge in [0.05, 0.1) is 17.8 Å². The molecule has 0 radical (unpaired) electrons. The van der Waals surface area contributed by atoms with Gasteiger partial charge in [-0.2, -0.15) is 0 Å². The van der Waals surface area contributed by atoms with Gasteiger partial charge in [-0.05, 0) is 24.5 Å². The number of anilines is 1. The van der Waals surface area contributed by atoms with E-state index in [1.54, 1.807) is 7.11 Å². The third-order valence-electron chi connectivity index (χ3n) is 3.07. The van der Waals surface area contributed by atoms with Crippen molar-refractivity contribution in [1.82, 2.24) is 4.98 Å². The van der Waals surface area contributed by atoms with E-state index in [2.05, 4.69) is 18.4 Å². The number of fused-ring (bicyclic) bond motifs is 1. The molecule has 0 unspecified atom stereocenters. The number of methoxy groups -OCH3 is 1. The van der Waals surface area contributed by atoms with Crippen LogP contribution in [0.15, 0.2) is 24.3 Å². The van der Waals surface area contributed by atoms with Gasteiger partial charge in [0.1, 0.15) is 0 Å². The van der Waals surface area contributed by atoms with Crippen LogP contribution in [0.4, 0.5) is 5.69 Å². The first-order chi connectivity index (χ1) is 8.80. The van der Waals surface area contributed by atoms with E-state index in [4.69, 9.17) is 15.6 Å². The highest BCUT2D eigenvalue weighted by atomic mass is 16.5. The summed E-state index contributed by atoms with van der Waals surface area (Å²) in [5.74, 6) is 5.59. The zero-order chi connectivity index (χ0) is 13.0. The van der Waals surface area contributed by atoms with Gasteiger partial charge in [0.25, 0.3) is 0 Å². The van der Waals surface area contributed by atoms with Crippen molar-refractivity contribution in [2.75, 3.05) is 19.1 Å². The highest BCUT2D eigenvalue weighted by Crippen LogP contribution is 2.25. The van der Waals surface area contributed by atoms with Crippen LogP contribution in [0.5, 0.6) is 0 Å². The minimum absolute atomic E-state index is 0.697. The Labute approximate surface area is 107 Å². The number of aromatic nitrogens is 1. The summed E-state index contributed by atoms with van der Waals surface area (Å²) in [6.07, 6.45) is 1.75. The number of nitrogens with two attached hydrogens (primary N) is 1. The molecule has 2 aromatic rings. The van der Waals surface area contributed by atoms with Crippen LogP contribution in [0.2, 0.25) is 0 Å². The second kappa shape index (κ2) is 5.80. The summed E-state index contributed by atoms with van der Waals surface area (Å²) in [6, 6.07) is 8.16.